The average molecular weight is 431 g/mol. The van der Waals surface area contributed by atoms with E-state index in [9.17, 15) is 24.0 Å². The second kappa shape index (κ2) is 13.7. The van der Waals surface area contributed by atoms with Crippen LogP contribution in [0, 0.1) is 5.41 Å². The maximum Gasteiger partial charge on any atom is 0.326 e. The maximum atomic E-state index is 12.4. The molecule has 3 amide bonds. The van der Waals surface area contributed by atoms with Crippen LogP contribution in [0.4, 0.5) is 0 Å². The van der Waals surface area contributed by atoms with Crippen LogP contribution in [0.3, 0.4) is 0 Å². The number of carbonyl (C=O) groups excluding carboxylic acids is 3. The topological polar surface area (TPSA) is 264 Å². The van der Waals surface area contributed by atoms with Gasteiger partial charge >= 0.3 is 11.9 Å². The number of rotatable bonds is 15. The molecule has 12 N–H and O–H groups in total. The fourth-order valence-corrected chi connectivity index (χ4v) is 2.31. The van der Waals surface area contributed by atoms with E-state index in [1.54, 1.807) is 0 Å². The first-order valence-corrected chi connectivity index (χ1v) is 9.11. The van der Waals surface area contributed by atoms with Crippen molar-refractivity contribution in [2.45, 2.75) is 56.7 Å². The minimum atomic E-state index is -1.44. The maximum absolute atomic E-state index is 12.4. The minimum Gasteiger partial charge on any atom is -0.481 e. The zero-order valence-corrected chi connectivity index (χ0v) is 16.3. The van der Waals surface area contributed by atoms with Crippen molar-refractivity contribution >= 4 is 35.6 Å². The Kier molecular flexibility index (Phi) is 12.1. The van der Waals surface area contributed by atoms with Crippen molar-refractivity contribution in [1.82, 2.24) is 16.0 Å². The van der Waals surface area contributed by atoms with Crippen molar-refractivity contribution in [3.63, 3.8) is 0 Å². The van der Waals surface area contributed by atoms with E-state index in [1.165, 1.54) is 0 Å². The molecule has 0 heterocycles. The quantitative estimate of drug-likeness (QED) is 0.0710. The van der Waals surface area contributed by atoms with Crippen LogP contribution in [0.25, 0.3) is 0 Å². The number of guanidine groups is 1. The molecule has 0 radical (unpaired) electrons. The number of carboxylic acids is 2. The van der Waals surface area contributed by atoms with E-state index in [1.807, 2.05) is 0 Å². The molecule has 0 fully saturated rings. The number of aliphatic carboxylic acids is 2. The Morgan fingerprint density at radius 2 is 1.43 bits per heavy atom. The highest BCUT2D eigenvalue weighted by Crippen LogP contribution is 2.04. The van der Waals surface area contributed by atoms with Gasteiger partial charge in [-0.2, -0.15) is 0 Å². The monoisotopic (exact) mass is 431 g/mol. The summed E-state index contributed by atoms with van der Waals surface area (Å²) in [5, 5.41) is 32.1. The van der Waals surface area contributed by atoms with E-state index in [0.717, 1.165) is 0 Å². The lowest BCUT2D eigenvalue weighted by Crippen LogP contribution is -2.54. The van der Waals surface area contributed by atoms with Crippen molar-refractivity contribution in [3.05, 3.63) is 0 Å². The summed E-state index contributed by atoms with van der Waals surface area (Å²) in [7, 11) is 0. The molecule has 0 saturated carbocycles. The molecule has 0 rings (SSSR count). The summed E-state index contributed by atoms with van der Waals surface area (Å²) in [4.78, 5) is 57.6. The Hall–Kier alpha value is -3.42. The molecule has 0 aromatic rings. The SMILES string of the molecule is N=C(N)NCCC[C@H](N)C(=O)N[C@@H](CCC(=O)O)C(=O)N[C@@H](CCC(N)=O)C(=O)O. The van der Waals surface area contributed by atoms with Gasteiger partial charge in [0, 0.05) is 19.4 Å². The highest BCUT2D eigenvalue weighted by atomic mass is 16.4. The average Bonchev–Trinajstić information content (AvgIpc) is 2.64. The van der Waals surface area contributed by atoms with Gasteiger partial charge < -0.3 is 43.4 Å². The lowest BCUT2D eigenvalue weighted by atomic mass is 10.1. The summed E-state index contributed by atoms with van der Waals surface area (Å²) in [6, 6.07) is -3.81. The third kappa shape index (κ3) is 12.1. The standard InChI is InChI=1S/C16H29N7O7/c17-8(2-1-7-21-16(19)20)13(27)22-9(4-6-12(25)26)14(28)23-10(15(29)30)3-5-11(18)24/h8-10H,1-7,17H2,(H2,18,24)(H,22,27)(H,23,28)(H,25,26)(H,29,30)(H4,19,20,21)/t8-,9-,10-/m0/s1. The highest BCUT2D eigenvalue weighted by Gasteiger charge is 2.28. The number of nitrogens with one attached hydrogen (secondary N) is 4. The van der Waals surface area contributed by atoms with Gasteiger partial charge in [0.15, 0.2) is 5.96 Å². The number of nitrogens with two attached hydrogens (primary N) is 3. The summed E-state index contributed by atoms with van der Waals surface area (Å²) in [6.07, 6.45) is -0.728. The van der Waals surface area contributed by atoms with Gasteiger partial charge in [0.1, 0.15) is 12.1 Å². The number of carbonyl (C=O) groups is 5. The molecule has 170 valence electrons. The predicted molar refractivity (Wildman–Crippen MR) is 104 cm³/mol. The van der Waals surface area contributed by atoms with Gasteiger partial charge in [-0.05, 0) is 25.7 Å². The van der Waals surface area contributed by atoms with Crippen molar-refractivity contribution in [2.75, 3.05) is 6.54 Å². The van der Waals surface area contributed by atoms with Crippen LogP contribution in [0.2, 0.25) is 0 Å². The first-order chi connectivity index (χ1) is 13.9. The molecule has 0 spiro atoms. The molecule has 0 bridgehead atoms. The summed E-state index contributed by atoms with van der Waals surface area (Å²) in [6.45, 7) is 0.305. The van der Waals surface area contributed by atoms with Gasteiger partial charge in [-0.25, -0.2) is 4.79 Å². The Morgan fingerprint density at radius 1 is 0.867 bits per heavy atom. The number of primary amides is 1. The van der Waals surface area contributed by atoms with Crippen molar-refractivity contribution in [3.8, 4) is 0 Å². The molecule has 0 aliphatic carbocycles. The number of carboxylic acid groups (broad SMARTS) is 2. The third-order valence-corrected chi connectivity index (χ3v) is 3.92. The summed E-state index contributed by atoms with van der Waals surface area (Å²) >= 11 is 0. The molecule has 0 aromatic carbocycles. The van der Waals surface area contributed by atoms with Gasteiger partial charge in [-0.1, -0.05) is 0 Å². The van der Waals surface area contributed by atoms with Crippen LogP contribution in [-0.4, -0.2) is 70.5 Å². The summed E-state index contributed by atoms with van der Waals surface area (Å²) in [5.41, 5.74) is 15.9. The molecule has 30 heavy (non-hydrogen) atoms. The minimum absolute atomic E-state index is 0.190. The van der Waals surface area contributed by atoms with Gasteiger partial charge in [0.2, 0.25) is 17.7 Å². The van der Waals surface area contributed by atoms with E-state index in [0.29, 0.717) is 13.0 Å². The van der Waals surface area contributed by atoms with Crippen molar-refractivity contribution in [2.24, 2.45) is 17.2 Å². The number of amides is 3. The fraction of sp³-hybridized carbons (Fsp3) is 0.625. The van der Waals surface area contributed by atoms with Crippen LogP contribution < -0.4 is 33.2 Å². The van der Waals surface area contributed by atoms with Gasteiger partial charge in [0.25, 0.3) is 0 Å². The second-order valence-electron chi connectivity index (χ2n) is 6.49. The second-order valence-corrected chi connectivity index (χ2v) is 6.49. The van der Waals surface area contributed by atoms with Gasteiger partial charge in [-0.3, -0.25) is 24.6 Å². The summed E-state index contributed by atoms with van der Waals surface area (Å²) in [5.74, 6) is -5.27. The normalized spacial score (nSPS) is 13.4. The molecule has 0 aromatic heterocycles. The fourth-order valence-electron chi connectivity index (χ4n) is 2.31. The van der Waals surface area contributed by atoms with Crippen LogP contribution in [-0.2, 0) is 24.0 Å². The zero-order chi connectivity index (χ0) is 23.3. The largest absolute Gasteiger partial charge is 0.481 e. The highest BCUT2D eigenvalue weighted by molar-refractivity contribution is 5.92. The Morgan fingerprint density at radius 3 is 1.93 bits per heavy atom. The van der Waals surface area contributed by atoms with E-state index in [4.69, 9.17) is 32.8 Å². The molecular weight excluding hydrogens is 402 g/mol. The molecule has 0 saturated heterocycles. The Bertz CT molecular complexity index is 656. The van der Waals surface area contributed by atoms with Crippen LogP contribution >= 0.6 is 0 Å². The predicted octanol–water partition coefficient (Wildman–Crippen LogP) is -3.24. The van der Waals surface area contributed by atoms with Gasteiger partial charge in [0.05, 0.1) is 6.04 Å². The molecule has 3 atom stereocenters. The van der Waals surface area contributed by atoms with Crippen LogP contribution in [0.15, 0.2) is 0 Å². The van der Waals surface area contributed by atoms with E-state index >= 15 is 0 Å². The third-order valence-electron chi connectivity index (χ3n) is 3.92. The number of hydrogen-bond acceptors (Lipinski definition) is 7. The van der Waals surface area contributed by atoms with E-state index < -0.39 is 54.2 Å². The molecule has 14 nitrogen and oxygen atoms in total. The Balaban J connectivity index is 4.97. The van der Waals surface area contributed by atoms with Gasteiger partial charge in [-0.15, -0.1) is 0 Å². The lowest BCUT2D eigenvalue weighted by Gasteiger charge is -2.22. The van der Waals surface area contributed by atoms with Crippen molar-refractivity contribution < 1.29 is 34.2 Å². The first-order valence-electron chi connectivity index (χ1n) is 9.11. The molecular formula is C16H29N7O7. The zero-order valence-electron chi connectivity index (χ0n) is 16.3. The van der Waals surface area contributed by atoms with E-state index in [-0.39, 0.29) is 31.6 Å². The van der Waals surface area contributed by atoms with Crippen molar-refractivity contribution in [1.29, 1.82) is 5.41 Å². The molecule has 0 unspecified atom stereocenters. The number of hydrogen-bond donors (Lipinski definition) is 9. The molecule has 14 heteroatoms. The van der Waals surface area contributed by atoms with Crippen LogP contribution in [0.1, 0.15) is 38.5 Å². The smallest absolute Gasteiger partial charge is 0.326 e. The van der Waals surface area contributed by atoms with Crippen LogP contribution in [0.5, 0.6) is 0 Å². The van der Waals surface area contributed by atoms with E-state index in [2.05, 4.69) is 16.0 Å². The molecule has 0 aliphatic heterocycles. The first kappa shape index (κ1) is 26.6. The Labute approximate surface area is 172 Å². The summed E-state index contributed by atoms with van der Waals surface area (Å²) < 4.78 is 0. The molecule has 0 aliphatic rings. The lowest BCUT2D eigenvalue weighted by molar-refractivity contribution is -0.143.